The summed E-state index contributed by atoms with van der Waals surface area (Å²) in [6, 6.07) is 56.0. The van der Waals surface area contributed by atoms with Crippen LogP contribution in [0.3, 0.4) is 0 Å². The average molecular weight is 678 g/mol. The molecule has 9 rings (SSSR count). The van der Waals surface area contributed by atoms with Gasteiger partial charge in [0, 0.05) is 33.0 Å². The maximum absolute atomic E-state index is 9.66. The SMILES string of the molecule is [C-]#[N+]c1cccc(-c2cc(-c3cccc(C#N)c3)cc3c2oc2cccc(-c4ccc(-c5nc(-c6ccccc6)nc(-c6ccccc6)n5)cc4)c23)c1. The van der Waals surface area contributed by atoms with Gasteiger partial charge in [-0.15, -0.1) is 0 Å². The van der Waals surface area contributed by atoms with Crippen molar-refractivity contribution in [3.8, 4) is 73.6 Å². The second-order valence-corrected chi connectivity index (χ2v) is 12.7. The van der Waals surface area contributed by atoms with Crippen LogP contribution >= 0.6 is 0 Å². The molecule has 0 aliphatic heterocycles. The lowest BCUT2D eigenvalue weighted by Crippen LogP contribution is -2.00. The molecule has 246 valence electrons. The molecular formula is C47H27N5O. The van der Waals surface area contributed by atoms with E-state index in [1.807, 2.05) is 109 Å². The standard InChI is InChI=1S/C47H27N5O/c1-49-38-18-9-17-36(26-38)40-27-37(35-16-8-11-30(25-35)29-48)28-41-43-39(19-10-20-42(43)53-44(40)41)31-21-23-34(24-22-31)47-51-45(32-12-4-2-5-13-32)50-46(52-47)33-14-6-3-7-15-33/h2-28H. The molecule has 6 nitrogen and oxygen atoms in total. The summed E-state index contributed by atoms with van der Waals surface area (Å²) < 4.78 is 6.66. The van der Waals surface area contributed by atoms with Gasteiger partial charge in [-0.3, -0.25) is 0 Å². The molecule has 53 heavy (non-hydrogen) atoms. The zero-order valence-corrected chi connectivity index (χ0v) is 28.2. The highest BCUT2D eigenvalue weighted by atomic mass is 16.3. The van der Waals surface area contributed by atoms with Crippen molar-refractivity contribution in [3.05, 3.63) is 181 Å². The Morgan fingerprint density at radius 2 is 1.08 bits per heavy atom. The molecule has 0 N–H and O–H groups in total. The number of hydrogen-bond acceptors (Lipinski definition) is 5. The lowest BCUT2D eigenvalue weighted by Gasteiger charge is -2.10. The Kier molecular flexibility index (Phi) is 7.82. The van der Waals surface area contributed by atoms with Gasteiger partial charge >= 0.3 is 0 Å². The summed E-state index contributed by atoms with van der Waals surface area (Å²) in [5.74, 6) is 1.82. The maximum atomic E-state index is 9.66. The van der Waals surface area contributed by atoms with E-state index in [1.54, 1.807) is 12.1 Å². The molecule has 0 amide bonds. The highest BCUT2D eigenvalue weighted by Gasteiger charge is 2.19. The van der Waals surface area contributed by atoms with Gasteiger partial charge in [0.2, 0.25) is 0 Å². The third kappa shape index (κ3) is 5.87. The number of aromatic nitrogens is 3. The van der Waals surface area contributed by atoms with Crippen LogP contribution in [-0.2, 0) is 0 Å². The van der Waals surface area contributed by atoms with E-state index in [9.17, 15) is 5.26 Å². The second-order valence-electron chi connectivity index (χ2n) is 12.7. The predicted octanol–water partition coefficient (Wildman–Crippen LogP) is 12.2. The van der Waals surface area contributed by atoms with Crippen molar-refractivity contribution in [1.82, 2.24) is 15.0 Å². The molecular weight excluding hydrogens is 651 g/mol. The smallest absolute Gasteiger partial charge is 0.187 e. The third-order valence-corrected chi connectivity index (χ3v) is 9.36. The molecule has 2 aromatic heterocycles. The molecule has 0 saturated carbocycles. The van der Waals surface area contributed by atoms with Crippen LogP contribution in [0.15, 0.2) is 168 Å². The summed E-state index contributed by atoms with van der Waals surface area (Å²) in [6.45, 7) is 7.63. The number of benzene rings is 7. The van der Waals surface area contributed by atoms with Crippen molar-refractivity contribution in [2.24, 2.45) is 0 Å². The molecule has 0 bridgehead atoms. The van der Waals surface area contributed by atoms with Crippen LogP contribution in [0.1, 0.15) is 5.56 Å². The molecule has 0 atom stereocenters. The molecule has 0 radical (unpaired) electrons. The Labute approximate surface area is 305 Å². The Hall–Kier alpha value is -7.67. The van der Waals surface area contributed by atoms with Crippen LogP contribution in [0.4, 0.5) is 5.69 Å². The van der Waals surface area contributed by atoms with Crippen molar-refractivity contribution in [2.45, 2.75) is 0 Å². The van der Waals surface area contributed by atoms with E-state index in [-0.39, 0.29) is 0 Å². The van der Waals surface area contributed by atoms with Gasteiger partial charge in [0.25, 0.3) is 0 Å². The average Bonchev–Trinajstić information content (AvgIpc) is 3.63. The fourth-order valence-electron chi connectivity index (χ4n) is 6.80. The van der Waals surface area contributed by atoms with Crippen molar-refractivity contribution in [2.75, 3.05) is 0 Å². The van der Waals surface area contributed by atoms with Crippen molar-refractivity contribution in [1.29, 1.82) is 5.26 Å². The Bertz CT molecular complexity index is 2840. The molecule has 0 aliphatic carbocycles. The van der Waals surface area contributed by atoms with Crippen LogP contribution in [0, 0.1) is 17.9 Å². The maximum Gasteiger partial charge on any atom is 0.187 e. The van der Waals surface area contributed by atoms with Gasteiger partial charge in [0.05, 0.1) is 18.2 Å². The van der Waals surface area contributed by atoms with Gasteiger partial charge in [0.15, 0.2) is 23.2 Å². The first-order chi connectivity index (χ1) is 26.1. The zero-order chi connectivity index (χ0) is 35.7. The largest absolute Gasteiger partial charge is 0.455 e. The Balaban J connectivity index is 1.20. The van der Waals surface area contributed by atoms with Gasteiger partial charge in [-0.25, -0.2) is 19.8 Å². The molecule has 0 fully saturated rings. The van der Waals surface area contributed by atoms with Gasteiger partial charge in [-0.2, -0.15) is 5.26 Å². The van der Waals surface area contributed by atoms with Crippen LogP contribution < -0.4 is 0 Å². The molecule has 2 heterocycles. The number of nitriles is 1. The number of hydrogen-bond donors (Lipinski definition) is 0. The van der Waals surface area contributed by atoms with Gasteiger partial charge < -0.3 is 4.42 Å². The molecule has 9 aromatic rings. The highest BCUT2D eigenvalue weighted by Crippen LogP contribution is 2.43. The van der Waals surface area contributed by atoms with Crippen LogP contribution in [0.5, 0.6) is 0 Å². The van der Waals surface area contributed by atoms with E-state index in [0.717, 1.165) is 72.0 Å². The van der Waals surface area contributed by atoms with Crippen molar-refractivity contribution in [3.63, 3.8) is 0 Å². The molecule has 7 aromatic carbocycles. The fraction of sp³-hybridized carbons (Fsp3) is 0. The minimum Gasteiger partial charge on any atom is -0.455 e. The lowest BCUT2D eigenvalue weighted by molar-refractivity contribution is 0.670. The normalized spacial score (nSPS) is 11.0. The zero-order valence-electron chi connectivity index (χ0n) is 28.2. The van der Waals surface area contributed by atoms with Crippen LogP contribution in [0.25, 0.3) is 94.3 Å². The summed E-state index contributed by atoms with van der Waals surface area (Å²) in [6.07, 6.45) is 0. The summed E-state index contributed by atoms with van der Waals surface area (Å²) in [5.41, 5.74) is 11.0. The molecule has 0 aliphatic rings. The Morgan fingerprint density at radius 1 is 0.491 bits per heavy atom. The Morgan fingerprint density at radius 3 is 1.74 bits per heavy atom. The van der Waals surface area contributed by atoms with Gasteiger partial charge in [0.1, 0.15) is 11.2 Å². The van der Waals surface area contributed by atoms with E-state index in [0.29, 0.717) is 28.7 Å². The molecule has 0 saturated heterocycles. The number of fused-ring (bicyclic) bond motifs is 3. The second kappa shape index (κ2) is 13.2. The summed E-state index contributed by atoms with van der Waals surface area (Å²) in [7, 11) is 0. The summed E-state index contributed by atoms with van der Waals surface area (Å²) in [4.78, 5) is 18.3. The fourth-order valence-corrected chi connectivity index (χ4v) is 6.80. The monoisotopic (exact) mass is 677 g/mol. The first-order valence-electron chi connectivity index (χ1n) is 17.1. The predicted molar refractivity (Wildman–Crippen MR) is 211 cm³/mol. The molecule has 6 heteroatoms. The van der Waals surface area contributed by atoms with Crippen molar-refractivity contribution >= 4 is 27.6 Å². The first-order valence-corrected chi connectivity index (χ1v) is 17.1. The number of rotatable bonds is 6. The van der Waals surface area contributed by atoms with E-state index in [1.165, 1.54) is 0 Å². The topological polar surface area (TPSA) is 80.0 Å². The third-order valence-electron chi connectivity index (χ3n) is 9.36. The minimum atomic E-state index is 0.550. The molecule has 0 spiro atoms. The van der Waals surface area contributed by atoms with Gasteiger partial charge in [-0.1, -0.05) is 127 Å². The summed E-state index contributed by atoms with van der Waals surface area (Å²) in [5, 5.41) is 11.6. The number of furan rings is 1. The van der Waals surface area contributed by atoms with E-state index < -0.39 is 0 Å². The first kappa shape index (κ1) is 31.3. The molecule has 0 unspecified atom stereocenters. The highest BCUT2D eigenvalue weighted by molar-refractivity contribution is 6.16. The van der Waals surface area contributed by atoms with E-state index in [4.69, 9.17) is 25.9 Å². The minimum absolute atomic E-state index is 0.550. The quantitative estimate of drug-likeness (QED) is 0.164. The van der Waals surface area contributed by atoms with Crippen LogP contribution in [0.2, 0.25) is 0 Å². The van der Waals surface area contributed by atoms with E-state index >= 15 is 0 Å². The van der Waals surface area contributed by atoms with Gasteiger partial charge in [-0.05, 0) is 64.2 Å². The summed E-state index contributed by atoms with van der Waals surface area (Å²) >= 11 is 0. The lowest BCUT2D eigenvalue weighted by atomic mass is 9.93. The number of nitrogens with zero attached hydrogens (tertiary/aromatic N) is 5. The van der Waals surface area contributed by atoms with Crippen LogP contribution in [-0.4, -0.2) is 15.0 Å². The van der Waals surface area contributed by atoms with Crippen molar-refractivity contribution < 1.29 is 4.42 Å². The van der Waals surface area contributed by atoms with E-state index in [2.05, 4.69) is 53.4 Å².